The van der Waals surface area contributed by atoms with Crippen molar-refractivity contribution in [3.8, 4) is 0 Å². The standard InChI is InChI=1S/C10H11F3N2O/c1-15-8(4-9(14)16)5-2-6(11)10(13)7(12)3-5/h2-3,8,15H,4H2,1H3,(H2,14,16). The molecule has 0 fully saturated rings. The quantitative estimate of drug-likeness (QED) is 0.767. The number of carbonyl (C=O) groups is 1. The molecule has 0 heterocycles. The van der Waals surface area contributed by atoms with Crippen LogP contribution in [0.5, 0.6) is 0 Å². The number of amides is 1. The van der Waals surface area contributed by atoms with E-state index in [1.807, 2.05) is 0 Å². The van der Waals surface area contributed by atoms with Gasteiger partial charge in [0.15, 0.2) is 17.5 Å². The summed E-state index contributed by atoms with van der Waals surface area (Å²) in [5.74, 6) is -4.73. The first-order chi connectivity index (χ1) is 7.45. The van der Waals surface area contributed by atoms with Crippen LogP contribution in [0.1, 0.15) is 18.0 Å². The van der Waals surface area contributed by atoms with Gasteiger partial charge in [0.05, 0.1) is 0 Å². The van der Waals surface area contributed by atoms with Crippen LogP contribution in [0.4, 0.5) is 13.2 Å². The number of carbonyl (C=O) groups excluding carboxylic acids is 1. The van der Waals surface area contributed by atoms with Gasteiger partial charge in [-0.15, -0.1) is 0 Å². The predicted molar refractivity (Wildman–Crippen MR) is 51.9 cm³/mol. The molecule has 16 heavy (non-hydrogen) atoms. The van der Waals surface area contributed by atoms with Gasteiger partial charge in [-0.25, -0.2) is 13.2 Å². The molecular formula is C10H11F3N2O. The zero-order valence-corrected chi connectivity index (χ0v) is 8.56. The molecule has 0 aliphatic carbocycles. The van der Waals surface area contributed by atoms with Crippen molar-refractivity contribution in [2.75, 3.05) is 7.05 Å². The number of hydrogen-bond acceptors (Lipinski definition) is 2. The number of nitrogens with two attached hydrogens (primary N) is 1. The van der Waals surface area contributed by atoms with Gasteiger partial charge in [0.25, 0.3) is 0 Å². The van der Waals surface area contributed by atoms with Crippen LogP contribution in [-0.4, -0.2) is 13.0 Å². The van der Waals surface area contributed by atoms with Crippen molar-refractivity contribution >= 4 is 5.91 Å². The van der Waals surface area contributed by atoms with Crippen molar-refractivity contribution in [1.82, 2.24) is 5.32 Å². The van der Waals surface area contributed by atoms with E-state index in [-0.39, 0.29) is 12.0 Å². The smallest absolute Gasteiger partial charge is 0.219 e. The molecule has 0 saturated heterocycles. The Morgan fingerprint density at radius 3 is 2.25 bits per heavy atom. The fourth-order valence-corrected chi connectivity index (χ4v) is 1.36. The van der Waals surface area contributed by atoms with Crippen LogP contribution < -0.4 is 11.1 Å². The molecule has 0 aliphatic rings. The highest BCUT2D eigenvalue weighted by atomic mass is 19.2. The molecule has 0 spiro atoms. The second kappa shape index (κ2) is 4.98. The summed E-state index contributed by atoms with van der Waals surface area (Å²) in [4.78, 5) is 10.7. The molecule has 0 bridgehead atoms. The van der Waals surface area contributed by atoms with Gasteiger partial charge in [-0.2, -0.15) is 0 Å². The molecule has 3 nitrogen and oxygen atoms in total. The molecule has 1 atom stereocenters. The Morgan fingerprint density at radius 1 is 1.38 bits per heavy atom. The Kier molecular flexibility index (Phi) is 3.89. The summed E-state index contributed by atoms with van der Waals surface area (Å²) >= 11 is 0. The van der Waals surface area contributed by atoms with Crippen LogP contribution >= 0.6 is 0 Å². The van der Waals surface area contributed by atoms with E-state index in [0.717, 1.165) is 12.1 Å². The van der Waals surface area contributed by atoms with Crippen LogP contribution in [0.15, 0.2) is 12.1 Å². The molecule has 3 N–H and O–H groups in total. The van der Waals surface area contributed by atoms with Crippen molar-refractivity contribution in [1.29, 1.82) is 0 Å². The van der Waals surface area contributed by atoms with E-state index in [2.05, 4.69) is 5.32 Å². The molecule has 1 amide bonds. The number of halogens is 3. The average molecular weight is 232 g/mol. The van der Waals surface area contributed by atoms with E-state index in [4.69, 9.17) is 5.73 Å². The Balaban J connectivity index is 3.06. The van der Waals surface area contributed by atoms with E-state index in [1.54, 1.807) is 0 Å². The van der Waals surface area contributed by atoms with Gasteiger partial charge in [0, 0.05) is 12.5 Å². The van der Waals surface area contributed by atoms with Crippen molar-refractivity contribution in [2.45, 2.75) is 12.5 Å². The van der Waals surface area contributed by atoms with Gasteiger partial charge in [0.2, 0.25) is 5.91 Å². The third-order valence-electron chi connectivity index (χ3n) is 2.16. The first kappa shape index (κ1) is 12.5. The maximum absolute atomic E-state index is 12.9. The predicted octanol–water partition coefficient (Wildman–Crippen LogP) is 1.24. The molecule has 6 heteroatoms. The van der Waals surface area contributed by atoms with Crippen molar-refractivity contribution in [3.63, 3.8) is 0 Å². The van der Waals surface area contributed by atoms with Gasteiger partial charge in [-0.3, -0.25) is 4.79 Å². The fraction of sp³-hybridized carbons (Fsp3) is 0.300. The molecule has 0 aromatic heterocycles. The summed E-state index contributed by atoms with van der Waals surface area (Å²) in [7, 11) is 1.51. The Labute approximate surface area is 90.4 Å². The lowest BCUT2D eigenvalue weighted by Crippen LogP contribution is -2.24. The summed E-state index contributed by atoms with van der Waals surface area (Å²) in [6, 6.07) is 1.03. The highest BCUT2D eigenvalue weighted by Crippen LogP contribution is 2.21. The zero-order chi connectivity index (χ0) is 12.3. The van der Waals surface area contributed by atoms with Crippen molar-refractivity contribution in [3.05, 3.63) is 35.1 Å². The van der Waals surface area contributed by atoms with Crippen LogP contribution in [0.25, 0.3) is 0 Å². The topological polar surface area (TPSA) is 55.1 Å². The molecule has 1 rings (SSSR count). The lowest BCUT2D eigenvalue weighted by molar-refractivity contribution is -0.118. The monoisotopic (exact) mass is 232 g/mol. The number of hydrogen-bond donors (Lipinski definition) is 2. The first-order valence-corrected chi connectivity index (χ1v) is 4.55. The largest absolute Gasteiger partial charge is 0.370 e. The average Bonchev–Trinajstić information content (AvgIpc) is 2.21. The van der Waals surface area contributed by atoms with E-state index in [1.165, 1.54) is 7.05 Å². The van der Waals surface area contributed by atoms with E-state index < -0.39 is 29.4 Å². The fourth-order valence-electron chi connectivity index (χ4n) is 1.36. The number of primary amides is 1. The maximum atomic E-state index is 12.9. The van der Waals surface area contributed by atoms with Crippen LogP contribution in [0.3, 0.4) is 0 Å². The van der Waals surface area contributed by atoms with Crippen molar-refractivity contribution in [2.24, 2.45) is 5.73 Å². The van der Waals surface area contributed by atoms with Gasteiger partial charge in [0.1, 0.15) is 0 Å². The summed E-state index contributed by atoms with van der Waals surface area (Å²) in [5, 5.41) is 2.67. The molecule has 1 unspecified atom stereocenters. The van der Waals surface area contributed by atoms with Gasteiger partial charge in [-0.1, -0.05) is 0 Å². The summed E-state index contributed by atoms with van der Waals surface area (Å²) in [6.45, 7) is 0. The third-order valence-corrected chi connectivity index (χ3v) is 2.16. The molecular weight excluding hydrogens is 221 g/mol. The second-order valence-electron chi connectivity index (χ2n) is 3.31. The maximum Gasteiger partial charge on any atom is 0.219 e. The van der Waals surface area contributed by atoms with Crippen LogP contribution in [0, 0.1) is 17.5 Å². The van der Waals surface area contributed by atoms with Crippen molar-refractivity contribution < 1.29 is 18.0 Å². The molecule has 88 valence electrons. The summed E-state index contributed by atoms with van der Waals surface area (Å²) in [5.41, 5.74) is 5.11. The van der Waals surface area contributed by atoms with Gasteiger partial charge >= 0.3 is 0 Å². The van der Waals surface area contributed by atoms with Gasteiger partial charge in [-0.05, 0) is 24.7 Å². The van der Waals surface area contributed by atoms with E-state index in [9.17, 15) is 18.0 Å². The van der Waals surface area contributed by atoms with Crippen LogP contribution in [-0.2, 0) is 4.79 Å². The van der Waals surface area contributed by atoms with E-state index >= 15 is 0 Å². The highest BCUT2D eigenvalue weighted by Gasteiger charge is 2.17. The third kappa shape index (κ3) is 2.73. The molecule has 0 radical (unpaired) electrons. The second-order valence-corrected chi connectivity index (χ2v) is 3.31. The molecule has 1 aromatic rings. The Hall–Kier alpha value is -1.56. The minimum atomic E-state index is -1.53. The number of benzene rings is 1. The molecule has 0 saturated carbocycles. The zero-order valence-electron chi connectivity index (χ0n) is 8.56. The summed E-state index contributed by atoms with van der Waals surface area (Å²) in [6.07, 6.45) is -0.124. The minimum Gasteiger partial charge on any atom is -0.370 e. The first-order valence-electron chi connectivity index (χ1n) is 4.55. The number of rotatable bonds is 4. The highest BCUT2D eigenvalue weighted by molar-refractivity contribution is 5.74. The lowest BCUT2D eigenvalue weighted by atomic mass is 10.0. The Bertz CT molecular complexity index is 386. The molecule has 0 aliphatic heterocycles. The SMILES string of the molecule is CNC(CC(N)=O)c1cc(F)c(F)c(F)c1. The van der Waals surface area contributed by atoms with Gasteiger partial charge < -0.3 is 11.1 Å². The van der Waals surface area contributed by atoms with Crippen LogP contribution in [0.2, 0.25) is 0 Å². The number of nitrogens with one attached hydrogen (secondary N) is 1. The lowest BCUT2D eigenvalue weighted by Gasteiger charge is -2.15. The molecule has 1 aromatic carbocycles. The minimum absolute atomic E-state index is 0.124. The summed E-state index contributed by atoms with van der Waals surface area (Å²) < 4.78 is 38.5. The van der Waals surface area contributed by atoms with E-state index in [0.29, 0.717) is 0 Å². The normalized spacial score (nSPS) is 12.5. The Morgan fingerprint density at radius 2 is 1.88 bits per heavy atom.